The normalized spacial score (nSPS) is 20.8. The van der Waals surface area contributed by atoms with Gasteiger partial charge in [-0.15, -0.1) is 0 Å². The van der Waals surface area contributed by atoms with Crippen LogP contribution in [0.1, 0.15) is 33.1 Å². The van der Waals surface area contributed by atoms with Gasteiger partial charge in [0.15, 0.2) is 0 Å². The van der Waals surface area contributed by atoms with Crippen LogP contribution in [0.3, 0.4) is 0 Å². The number of hydrogen-bond acceptors (Lipinski definition) is 3. The molecule has 1 atom stereocenters. The van der Waals surface area contributed by atoms with E-state index >= 15 is 0 Å². The van der Waals surface area contributed by atoms with Gasteiger partial charge in [0.1, 0.15) is 6.54 Å². The highest BCUT2D eigenvalue weighted by Gasteiger charge is 2.29. The molecule has 1 saturated heterocycles. The van der Waals surface area contributed by atoms with Gasteiger partial charge < -0.3 is 10.6 Å². The second-order valence-electron chi connectivity index (χ2n) is 6.06. The second-order valence-corrected chi connectivity index (χ2v) is 6.06. The van der Waals surface area contributed by atoms with E-state index in [1.54, 1.807) is 0 Å². The van der Waals surface area contributed by atoms with E-state index in [9.17, 15) is 18.0 Å². The average Bonchev–Trinajstić information content (AvgIpc) is 2.37. The van der Waals surface area contributed by atoms with Crippen LogP contribution in [0.15, 0.2) is 0 Å². The molecule has 0 radical (unpaired) electrons. The predicted octanol–water partition coefficient (Wildman–Crippen LogP) is 1.76. The van der Waals surface area contributed by atoms with E-state index in [-0.39, 0.29) is 12.6 Å². The Balaban J connectivity index is 2.36. The first-order valence-electron chi connectivity index (χ1n) is 7.56. The maximum Gasteiger partial charge on any atom is 0.405 e. The van der Waals surface area contributed by atoms with Crippen molar-refractivity contribution in [2.45, 2.75) is 45.3 Å². The fourth-order valence-electron chi connectivity index (χ4n) is 2.48. The lowest BCUT2D eigenvalue weighted by Gasteiger charge is -2.35. The number of carbonyl (C=O) groups excluding carboxylic acids is 1. The topological polar surface area (TPSA) is 44.4 Å². The minimum Gasteiger partial charge on any atom is -0.346 e. The van der Waals surface area contributed by atoms with Crippen LogP contribution in [0, 0.1) is 5.92 Å². The summed E-state index contributed by atoms with van der Waals surface area (Å²) in [6.45, 7) is 5.50. The molecule has 1 fully saturated rings. The van der Waals surface area contributed by atoms with Crippen LogP contribution in [0.4, 0.5) is 13.2 Å². The van der Waals surface area contributed by atoms with Crippen molar-refractivity contribution in [3.05, 3.63) is 0 Å². The first-order valence-corrected chi connectivity index (χ1v) is 7.56. The number of likely N-dealkylation sites (tertiary alicyclic amines) is 1. The molecule has 0 aromatic carbocycles. The molecule has 1 aliphatic heterocycles. The van der Waals surface area contributed by atoms with Crippen LogP contribution in [0.2, 0.25) is 0 Å². The van der Waals surface area contributed by atoms with E-state index in [1.165, 1.54) is 0 Å². The molecule has 1 aliphatic rings. The second kappa shape index (κ2) is 8.58. The van der Waals surface area contributed by atoms with E-state index in [4.69, 9.17) is 0 Å². The standard InChI is InChI=1S/C14H26F3N3O/c1-11(2)7-18-8-12-5-3-4-6-20(12)9-13(21)19-10-14(15,16)17/h11-12,18H,3-10H2,1-2H3,(H,19,21). The molecule has 0 saturated carbocycles. The van der Waals surface area contributed by atoms with E-state index in [0.29, 0.717) is 5.92 Å². The van der Waals surface area contributed by atoms with Gasteiger partial charge >= 0.3 is 6.18 Å². The SMILES string of the molecule is CC(C)CNCC1CCCCN1CC(=O)NCC(F)(F)F. The number of carbonyl (C=O) groups is 1. The number of rotatable bonds is 7. The maximum absolute atomic E-state index is 12.1. The summed E-state index contributed by atoms with van der Waals surface area (Å²) >= 11 is 0. The summed E-state index contributed by atoms with van der Waals surface area (Å²) in [5, 5.41) is 5.30. The average molecular weight is 309 g/mol. The Hall–Kier alpha value is -0.820. The molecular formula is C14H26F3N3O. The Labute approximate surface area is 124 Å². The Bertz CT molecular complexity index is 321. The van der Waals surface area contributed by atoms with Gasteiger partial charge in [0, 0.05) is 12.6 Å². The smallest absolute Gasteiger partial charge is 0.346 e. The van der Waals surface area contributed by atoms with Crippen LogP contribution in [0.25, 0.3) is 0 Å². The molecular weight excluding hydrogens is 283 g/mol. The third-order valence-electron chi connectivity index (χ3n) is 3.51. The summed E-state index contributed by atoms with van der Waals surface area (Å²) in [7, 11) is 0. The predicted molar refractivity (Wildman–Crippen MR) is 76.0 cm³/mol. The van der Waals surface area contributed by atoms with Crippen LogP contribution < -0.4 is 10.6 Å². The van der Waals surface area contributed by atoms with Gasteiger partial charge in [-0.1, -0.05) is 20.3 Å². The van der Waals surface area contributed by atoms with E-state index in [2.05, 4.69) is 19.2 Å². The molecule has 7 heteroatoms. The van der Waals surface area contributed by atoms with Crippen molar-refractivity contribution in [1.82, 2.24) is 15.5 Å². The maximum atomic E-state index is 12.1. The lowest BCUT2D eigenvalue weighted by Crippen LogP contribution is -2.50. The third-order valence-corrected chi connectivity index (χ3v) is 3.51. The summed E-state index contributed by atoms with van der Waals surface area (Å²) in [5.74, 6) is 0.000194. The number of piperidine rings is 1. The molecule has 21 heavy (non-hydrogen) atoms. The molecule has 0 aromatic heterocycles. The van der Waals surface area contributed by atoms with Gasteiger partial charge in [0.2, 0.25) is 5.91 Å². The highest BCUT2D eigenvalue weighted by Crippen LogP contribution is 2.16. The molecule has 0 bridgehead atoms. The number of nitrogens with zero attached hydrogens (tertiary/aromatic N) is 1. The molecule has 124 valence electrons. The zero-order valence-corrected chi connectivity index (χ0v) is 12.8. The first kappa shape index (κ1) is 18.2. The molecule has 1 amide bonds. The lowest BCUT2D eigenvalue weighted by molar-refractivity contribution is -0.139. The number of nitrogens with one attached hydrogen (secondary N) is 2. The molecule has 1 heterocycles. The quantitative estimate of drug-likeness (QED) is 0.753. The summed E-state index contributed by atoms with van der Waals surface area (Å²) in [4.78, 5) is 13.6. The van der Waals surface area contributed by atoms with Crippen molar-refractivity contribution < 1.29 is 18.0 Å². The molecule has 0 aromatic rings. The zero-order valence-electron chi connectivity index (χ0n) is 12.8. The number of alkyl halides is 3. The number of amides is 1. The van der Waals surface area contributed by atoms with E-state index in [0.717, 1.165) is 38.9 Å². The van der Waals surface area contributed by atoms with E-state index < -0.39 is 18.6 Å². The van der Waals surface area contributed by atoms with Crippen molar-refractivity contribution in [3.63, 3.8) is 0 Å². The fraction of sp³-hybridized carbons (Fsp3) is 0.929. The minimum atomic E-state index is -4.35. The summed E-state index contributed by atoms with van der Waals surface area (Å²) in [5.41, 5.74) is 0. The summed E-state index contributed by atoms with van der Waals surface area (Å²) in [6.07, 6.45) is -1.27. The molecule has 1 rings (SSSR count). The van der Waals surface area contributed by atoms with Crippen LogP contribution in [-0.2, 0) is 4.79 Å². The first-order chi connectivity index (χ1) is 9.78. The van der Waals surface area contributed by atoms with Crippen LogP contribution in [0.5, 0.6) is 0 Å². The van der Waals surface area contributed by atoms with Gasteiger partial charge in [-0.3, -0.25) is 9.69 Å². The molecule has 4 nitrogen and oxygen atoms in total. The zero-order chi connectivity index (χ0) is 15.9. The highest BCUT2D eigenvalue weighted by molar-refractivity contribution is 5.78. The van der Waals surface area contributed by atoms with Gasteiger partial charge in [-0.2, -0.15) is 13.2 Å². The Morgan fingerprint density at radius 2 is 2.05 bits per heavy atom. The largest absolute Gasteiger partial charge is 0.405 e. The third kappa shape index (κ3) is 8.26. The fourth-order valence-corrected chi connectivity index (χ4v) is 2.48. The molecule has 1 unspecified atom stereocenters. The van der Waals surface area contributed by atoms with Crippen LogP contribution in [-0.4, -0.2) is 55.7 Å². The summed E-state index contributed by atoms with van der Waals surface area (Å²) < 4.78 is 36.2. The van der Waals surface area contributed by atoms with Crippen LogP contribution >= 0.6 is 0 Å². The Kier molecular flexibility index (Phi) is 7.45. The molecule has 0 aliphatic carbocycles. The Morgan fingerprint density at radius 1 is 1.33 bits per heavy atom. The minimum absolute atomic E-state index is 0.0457. The van der Waals surface area contributed by atoms with Crippen molar-refractivity contribution in [2.75, 3.05) is 32.7 Å². The highest BCUT2D eigenvalue weighted by atomic mass is 19.4. The monoisotopic (exact) mass is 309 g/mol. The number of hydrogen-bond donors (Lipinski definition) is 2. The van der Waals surface area contributed by atoms with Crippen molar-refractivity contribution in [1.29, 1.82) is 0 Å². The van der Waals surface area contributed by atoms with E-state index in [1.807, 2.05) is 10.2 Å². The van der Waals surface area contributed by atoms with Gasteiger partial charge in [-0.05, 0) is 31.8 Å². The summed E-state index contributed by atoms with van der Waals surface area (Å²) in [6, 6.07) is 0.231. The lowest BCUT2D eigenvalue weighted by atomic mass is 10.0. The molecule has 0 spiro atoms. The number of halogens is 3. The van der Waals surface area contributed by atoms with Gasteiger partial charge in [0.25, 0.3) is 0 Å². The van der Waals surface area contributed by atoms with Crippen molar-refractivity contribution >= 4 is 5.91 Å². The van der Waals surface area contributed by atoms with Gasteiger partial charge in [0.05, 0.1) is 6.54 Å². The Morgan fingerprint density at radius 3 is 2.67 bits per heavy atom. The van der Waals surface area contributed by atoms with Crippen molar-refractivity contribution in [2.24, 2.45) is 5.92 Å². The molecule has 2 N–H and O–H groups in total. The van der Waals surface area contributed by atoms with Crippen molar-refractivity contribution in [3.8, 4) is 0 Å². The van der Waals surface area contributed by atoms with Gasteiger partial charge in [-0.25, -0.2) is 0 Å².